The zero-order valence-electron chi connectivity index (χ0n) is 30.5. The minimum atomic E-state index is -1.23. The van der Waals surface area contributed by atoms with E-state index in [2.05, 4.69) is 0 Å². The van der Waals surface area contributed by atoms with E-state index in [4.69, 9.17) is 24.5 Å². The second-order valence-corrected chi connectivity index (χ2v) is 9.41. The number of hydrogen-bond acceptors (Lipinski definition) is 8. The normalized spacial score (nSPS) is 10.5. The van der Waals surface area contributed by atoms with Crippen LogP contribution in [0.25, 0.3) is 0 Å². The van der Waals surface area contributed by atoms with Crippen LogP contribution in [0.1, 0.15) is 77.8 Å². The SMILES string of the molecule is CC.CC.CC.CC#N.COC(=O)N(C)CC(C)(C(=O)OC)N(C)c1c(C)c(Cc2ccccc2)nc(Oc2ccccc2)c1C. The van der Waals surface area contributed by atoms with E-state index in [1.54, 1.807) is 20.0 Å². The Morgan fingerprint density at radius 1 is 0.848 bits per heavy atom. The lowest BCUT2D eigenvalue weighted by Gasteiger charge is -2.41. The summed E-state index contributed by atoms with van der Waals surface area (Å²) in [7, 11) is 6.04. The molecule has 3 aromatic rings. The first-order valence-corrected chi connectivity index (χ1v) is 15.7. The number of amides is 1. The van der Waals surface area contributed by atoms with E-state index in [0.717, 1.165) is 28.1 Å². The van der Waals surface area contributed by atoms with Crippen LogP contribution in [0.2, 0.25) is 0 Å². The van der Waals surface area contributed by atoms with Crippen molar-refractivity contribution in [3.8, 4) is 17.7 Å². The summed E-state index contributed by atoms with van der Waals surface area (Å²) < 4.78 is 16.3. The molecule has 3 rings (SSSR count). The fraction of sp³-hybridized carbons (Fsp3) is 0.459. The van der Waals surface area contributed by atoms with Gasteiger partial charge in [-0.2, -0.15) is 5.26 Å². The highest BCUT2D eigenvalue weighted by atomic mass is 16.5. The van der Waals surface area contributed by atoms with Crippen molar-refractivity contribution >= 4 is 17.7 Å². The predicted molar refractivity (Wildman–Crippen MR) is 189 cm³/mol. The lowest BCUT2D eigenvalue weighted by atomic mass is 9.95. The minimum Gasteiger partial charge on any atom is -0.467 e. The molecule has 2 aromatic carbocycles. The number of pyridine rings is 1. The first-order valence-electron chi connectivity index (χ1n) is 15.7. The van der Waals surface area contributed by atoms with E-state index in [9.17, 15) is 9.59 Å². The largest absolute Gasteiger partial charge is 0.467 e. The van der Waals surface area contributed by atoms with Crippen LogP contribution in [-0.4, -0.2) is 62.3 Å². The average molecular weight is 637 g/mol. The van der Waals surface area contributed by atoms with Crippen LogP contribution in [0, 0.1) is 25.2 Å². The number of carbonyl (C=O) groups is 2. The molecular weight excluding hydrogens is 580 g/mol. The molecule has 1 heterocycles. The van der Waals surface area contributed by atoms with E-state index in [1.807, 2.05) is 128 Å². The number of benzene rings is 2. The number of esters is 1. The number of nitrogens with zero attached hydrogens (tertiary/aromatic N) is 4. The zero-order chi connectivity index (χ0) is 35.9. The smallest absolute Gasteiger partial charge is 0.409 e. The number of likely N-dealkylation sites (N-methyl/N-ethyl adjacent to an activating group) is 2. The van der Waals surface area contributed by atoms with Gasteiger partial charge in [0.05, 0.1) is 38.2 Å². The number of hydrogen-bond donors (Lipinski definition) is 0. The molecule has 0 spiro atoms. The number of carbonyl (C=O) groups excluding carboxylic acids is 2. The van der Waals surface area contributed by atoms with Crippen molar-refractivity contribution in [3.05, 3.63) is 83.0 Å². The number of nitriles is 1. The van der Waals surface area contributed by atoms with Gasteiger partial charge in [0.1, 0.15) is 5.75 Å². The van der Waals surface area contributed by atoms with Gasteiger partial charge in [-0.3, -0.25) is 0 Å². The van der Waals surface area contributed by atoms with E-state index < -0.39 is 17.6 Å². The van der Waals surface area contributed by atoms with E-state index in [1.165, 1.54) is 26.0 Å². The standard InChI is InChI=1S/C29H35N3O5.C2H3N.3C2H6/c1-20-24(18-22-14-10-8-11-15-22)30-26(37-23-16-12-9-13-17-23)21(2)25(20)32(5)29(3,27(33)35-6)19-31(4)28(34)36-7;1-2-3;3*1-2/h8-17H,18-19H2,1-7H3;1H3;3*1-2H3. The molecular formula is C37H56N4O5. The molecule has 1 unspecified atom stereocenters. The second-order valence-electron chi connectivity index (χ2n) is 9.41. The molecule has 254 valence electrons. The highest BCUT2D eigenvalue weighted by molar-refractivity contribution is 5.87. The third-order valence-electron chi connectivity index (χ3n) is 6.60. The summed E-state index contributed by atoms with van der Waals surface area (Å²) in [5.41, 5.74) is 3.12. The summed E-state index contributed by atoms with van der Waals surface area (Å²) in [6.45, 7) is 19.1. The topological polar surface area (TPSA) is 105 Å². The second kappa shape index (κ2) is 23.8. The molecule has 0 fully saturated rings. The van der Waals surface area contributed by atoms with Gasteiger partial charge in [0.2, 0.25) is 5.88 Å². The average Bonchev–Trinajstić information content (AvgIpc) is 3.10. The van der Waals surface area contributed by atoms with Gasteiger partial charge in [-0.25, -0.2) is 14.6 Å². The molecule has 9 nitrogen and oxygen atoms in total. The maximum atomic E-state index is 13.2. The van der Waals surface area contributed by atoms with Crippen molar-refractivity contribution in [2.75, 3.05) is 39.8 Å². The Kier molecular flexibility index (Phi) is 22.5. The maximum Gasteiger partial charge on any atom is 0.409 e. The highest BCUT2D eigenvalue weighted by Crippen LogP contribution is 2.38. The summed E-state index contributed by atoms with van der Waals surface area (Å²) in [6.07, 6.45) is 0.0280. The minimum absolute atomic E-state index is 0.0347. The van der Waals surface area contributed by atoms with Crippen molar-refractivity contribution in [3.63, 3.8) is 0 Å². The number of methoxy groups -OCH3 is 2. The van der Waals surface area contributed by atoms with Crippen LogP contribution in [0.3, 0.4) is 0 Å². The number of rotatable bonds is 9. The molecule has 1 atom stereocenters. The first kappa shape index (κ1) is 43.5. The van der Waals surface area contributed by atoms with Gasteiger partial charge < -0.3 is 24.0 Å². The van der Waals surface area contributed by atoms with Crippen LogP contribution < -0.4 is 9.64 Å². The number of anilines is 1. The predicted octanol–water partition coefficient (Wildman–Crippen LogP) is 8.76. The highest BCUT2D eigenvalue weighted by Gasteiger charge is 2.43. The summed E-state index contributed by atoms with van der Waals surface area (Å²) >= 11 is 0. The molecule has 0 bridgehead atoms. The Bertz CT molecular complexity index is 1260. The molecule has 0 N–H and O–H groups in total. The Morgan fingerprint density at radius 3 is 1.78 bits per heavy atom. The van der Waals surface area contributed by atoms with Gasteiger partial charge in [0.25, 0.3) is 0 Å². The molecule has 0 radical (unpaired) electrons. The Hall–Kier alpha value is -4.58. The van der Waals surface area contributed by atoms with E-state index >= 15 is 0 Å². The number of ether oxygens (including phenoxy) is 3. The maximum absolute atomic E-state index is 13.2. The van der Waals surface area contributed by atoms with Crippen LogP contribution in [0.5, 0.6) is 11.6 Å². The van der Waals surface area contributed by atoms with Crippen molar-refractivity contribution in [1.82, 2.24) is 9.88 Å². The van der Waals surface area contributed by atoms with Gasteiger partial charge in [-0.15, -0.1) is 0 Å². The van der Waals surface area contributed by atoms with E-state index in [0.29, 0.717) is 18.1 Å². The quantitative estimate of drug-likeness (QED) is 0.215. The van der Waals surface area contributed by atoms with Crippen LogP contribution in [0.4, 0.5) is 10.5 Å². The molecule has 1 aromatic heterocycles. The molecule has 46 heavy (non-hydrogen) atoms. The lowest BCUT2D eigenvalue weighted by molar-refractivity contribution is -0.146. The fourth-order valence-electron chi connectivity index (χ4n) is 4.43. The van der Waals surface area contributed by atoms with Gasteiger partial charge in [-0.1, -0.05) is 90.1 Å². The first-order chi connectivity index (χ1) is 22.0. The van der Waals surface area contributed by atoms with Crippen LogP contribution in [0.15, 0.2) is 60.7 Å². The summed E-state index contributed by atoms with van der Waals surface area (Å²) in [5, 5.41) is 7.32. The molecule has 0 saturated heterocycles. The summed E-state index contributed by atoms with van der Waals surface area (Å²) in [6, 6.07) is 21.2. The fourth-order valence-corrected chi connectivity index (χ4v) is 4.43. The Balaban J connectivity index is 0. The van der Waals surface area contributed by atoms with Gasteiger partial charge in [0.15, 0.2) is 5.54 Å². The van der Waals surface area contributed by atoms with Crippen molar-refractivity contribution < 1.29 is 23.8 Å². The lowest BCUT2D eigenvalue weighted by Crippen LogP contribution is -2.59. The van der Waals surface area contributed by atoms with Crippen LogP contribution >= 0.6 is 0 Å². The van der Waals surface area contributed by atoms with Crippen molar-refractivity contribution in [2.24, 2.45) is 0 Å². The number of aromatic nitrogens is 1. The molecule has 9 heteroatoms. The Labute approximate surface area is 278 Å². The summed E-state index contributed by atoms with van der Waals surface area (Å²) in [4.78, 5) is 33.5. The Morgan fingerprint density at radius 2 is 1.33 bits per heavy atom. The third kappa shape index (κ3) is 12.4. The molecule has 1 amide bonds. The van der Waals surface area contributed by atoms with E-state index in [-0.39, 0.29) is 6.54 Å². The molecule has 0 aliphatic carbocycles. The molecule has 0 aliphatic heterocycles. The van der Waals surface area contributed by atoms with Gasteiger partial charge in [0, 0.05) is 33.0 Å². The third-order valence-corrected chi connectivity index (χ3v) is 6.60. The van der Waals surface area contributed by atoms with Gasteiger partial charge >= 0.3 is 12.1 Å². The molecule has 0 aliphatic rings. The van der Waals surface area contributed by atoms with Crippen LogP contribution in [-0.2, 0) is 20.7 Å². The van der Waals surface area contributed by atoms with Crippen molar-refractivity contribution in [1.29, 1.82) is 5.26 Å². The monoisotopic (exact) mass is 636 g/mol. The number of para-hydroxylation sites is 1. The molecule has 0 saturated carbocycles. The summed E-state index contributed by atoms with van der Waals surface area (Å²) in [5.74, 6) is 0.608. The zero-order valence-corrected chi connectivity index (χ0v) is 30.5. The van der Waals surface area contributed by atoms with Crippen molar-refractivity contribution in [2.45, 2.75) is 81.2 Å². The van der Waals surface area contributed by atoms with Gasteiger partial charge in [-0.05, 0) is 44.0 Å².